The van der Waals surface area contributed by atoms with Crippen LogP contribution >= 0.6 is 11.6 Å². The topological polar surface area (TPSA) is 46.2 Å². The van der Waals surface area contributed by atoms with Gasteiger partial charge < -0.3 is 10.8 Å². The van der Waals surface area contributed by atoms with Gasteiger partial charge in [-0.1, -0.05) is 23.7 Å². The summed E-state index contributed by atoms with van der Waals surface area (Å²) in [6.45, 7) is 3.60. The molecule has 13 heavy (non-hydrogen) atoms. The van der Waals surface area contributed by atoms with Crippen LogP contribution in [0.25, 0.3) is 0 Å². The molecule has 0 bridgehead atoms. The molecule has 0 fully saturated rings. The Morgan fingerprint density at radius 1 is 1.62 bits per heavy atom. The first-order valence-corrected chi connectivity index (χ1v) is 4.38. The number of nitrogens with two attached hydrogens (primary N) is 1. The van der Waals surface area contributed by atoms with Crippen molar-refractivity contribution in [3.05, 3.63) is 41.4 Å². The van der Waals surface area contributed by atoms with Crippen molar-refractivity contribution in [2.24, 2.45) is 5.73 Å². The van der Waals surface area contributed by atoms with Gasteiger partial charge in [-0.15, -0.1) is 6.58 Å². The van der Waals surface area contributed by atoms with Gasteiger partial charge in [-0.25, -0.2) is 0 Å². The van der Waals surface area contributed by atoms with Crippen molar-refractivity contribution in [2.75, 3.05) is 0 Å². The Morgan fingerprint density at radius 2 is 2.31 bits per heavy atom. The summed E-state index contributed by atoms with van der Waals surface area (Å²) in [5.74, 6) is 0.0682. The molecule has 0 heterocycles. The van der Waals surface area contributed by atoms with E-state index >= 15 is 0 Å². The smallest absolute Gasteiger partial charge is 0.134 e. The largest absolute Gasteiger partial charge is 0.506 e. The fraction of sp³-hybridized carbons (Fsp3) is 0.200. The van der Waals surface area contributed by atoms with E-state index in [0.717, 1.165) is 5.56 Å². The van der Waals surface area contributed by atoms with Crippen LogP contribution in [0, 0.1) is 0 Å². The first-order chi connectivity index (χ1) is 6.15. The van der Waals surface area contributed by atoms with Crippen molar-refractivity contribution >= 4 is 11.6 Å². The maximum Gasteiger partial charge on any atom is 0.134 e. The van der Waals surface area contributed by atoms with E-state index in [1.165, 1.54) is 0 Å². The van der Waals surface area contributed by atoms with Gasteiger partial charge in [0.2, 0.25) is 0 Å². The molecule has 2 nitrogen and oxygen atoms in total. The van der Waals surface area contributed by atoms with Crippen LogP contribution in [0.5, 0.6) is 5.75 Å². The summed E-state index contributed by atoms with van der Waals surface area (Å²) in [4.78, 5) is 0. The van der Waals surface area contributed by atoms with Gasteiger partial charge in [0, 0.05) is 6.04 Å². The summed E-state index contributed by atoms with van der Waals surface area (Å²) in [6, 6.07) is 4.89. The van der Waals surface area contributed by atoms with Gasteiger partial charge in [-0.2, -0.15) is 0 Å². The van der Waals surface area contributed by atoms with Gasteiger partial charge >= 0.3 is 0 Å². The number of rotatable bonds is 3. The molecule has 3 heteroatoms. The Morgan fingerprint density at radius 3 is 2.85 bits per heavy atom. The van der Waals surface area contributed by atoms with Crippen LogP contribution in [0.15, 0.2) is 30.9 Å². The summed E-state index contributed by atoms with van der Waals surface area (Å²) < 4.78 is 0. The second-order valence-electron chi connectivity index (χ2n) is 2.84. The minimum atomic E-state index is -0.124. The van der Waals surface area contributed by atoms with Gasteiger partial charge in [0.05, 0.1) is 5.02 Å². The van der Waals surface area contributed by atoms with Gasteiger partial charge in [0.1, 0.15) is 5.75 Å². The average Bonchev–Trinajstić information content (AvgIpc) is 2.10. The highest BCUT2D eigenvalue weighted by Gasteiger charge is 2.06. The van der Waals surface area contributed by atoms with E-state index in [1.807, 2.05) is 0 Å². The highest BCUT2D eigenvalue weighted by atomic mass is 35.5. The Hall–Kier alpha value is -0.990. The van der Waals surface area contributed by atoms with Crippen LogP contribution in [-0.2, 0) is 0 Å². The lowest BCUT2D eigenvalue weighted by Gasteiger charge is -2.09. The summed E-state index contributed by atoms with van der Waals surface area (Å²) in [6.07, 6.45) is 2.43. The molecule has 1 rings (SSSR count). The Balaban J connectivity index is 2.89. The van der Waals surface area contributed by atoms with Crippen molar-refractivity contribution in [1.82, 2.24) is 0 Å². The summed E-state index contributed by atoms with van der Waals surface area (Å²) >= 11 is 5.65. The molecular weight excluding hydrogens is 186 g/mol. The highest BCUT2D eigenvalue weighted by Crippen LogP contribution is 2.26. The zero-order valence-electron chi connectivity index (χ0n) is 7.20. The lowest BCUT2D eigenvalue weighted by Crippen LogP contribution is -2.08. The van der Waals surface area contributed by atoms with Crippen molar-refractivity contribution < 1.29 is 5.11 Å². The SMILES string of the molecule is C=CC[C@@H](N)c1ccc(Cl)c(O)c1. The highest BCUT2D eigenvalue weighted by molar-refractivity contribution is 6.32. The van der Waals surface area contributed by atoms with E-state index in [2.05, 4.69) is 6.58 Å². The van der Waals surface area contributed by atoms with Crippen LogP contribution in [0.3, 0.4) is 0 Å². The number of phenolic OH excluding ortho intramolecular Hbond substituents is 1. The van der Waals surface area contributed by atoms with E-state index in [0.29, 0.717) is 11.4 Å². The van der Waals surface area contributed by atoms with Crippen LogP contribution in [-0.4, -0.2) is 5.11 Å². The molecule has 0 aliphatic carbocycles. The van der Waals surface area contributed by atoms with Crippen molar-refractivity contribution in [1.29, 1.82) is 0 Å². The third kappa shape index (κ3) is 2.47. The number of hydrogen-bond donors (Lipinski definition) is 2. The molecule has 0 aliphatic heterocycles. The van der Waals surface area contributed by atoms with Crippen LogP contribution in [0.2, 0.25) is 5.02 Å². The molecular formula is C10H12ClNO. The molecule has 1 atom stereocenters. The van der Waals surface area contributed by atoms with Crippen molar-refractivity contribution in [2.45, 2.75) is 12.5 Å². The zero-order chi connectivity index (χ0) is 9.84. The zero-order valence-corrected chi connectivity index (χ0v) is 7.96. The molecule has 0 spiro atoms. The first kappa shape index (κ1) is 10.1. The number of phenols is 1. The third-order valence-electron chi connectivity index (χ3n) is 1.82. The Labute approximate surface area is 82.6 Å². The molecule has 0 aliphatic rings. The van der Waals surface area contributed by atoms with E-state index in [-0.39, 0.29) is 11.8 Å². The molecule has 0 unspecified atom stereocenters. The van der Waals surface area contributed by atoms with E-state index < -0.39 is 0 Å². The van der Waals surface area contributed by atoms with E-state index in [9.17, 15) is 5.11 Å². The monoisotopic (exact) mass is 197 g/mol. The lowest BCUT2D eigenvalue weighted by atomic mass is 10.0. The van der Waals surface area contributed by atoms with Gasteiger partial charge in [-0.3, -0.25) is 0 Å². The fourth-order valence-electron chi connectivity index (χ4n) is 1.08. The number of halogens is 1. The second-order valence-corrected chi connectivity index (χ2v) is 3.25. The minimum absolute atomic E-state index is 0.0682. The maximum absolute atomic E-state index is 9.30. The van der Waals surface area contributed by atoms with Crippen molar-refractivity contribution in [3.8, 4) is 5.75 Å². The summed E-state index contributed by atoms with van der Waals surface area (Å²) in [5, 5.41) is 9.65. The van der Waals surface area contributed by atoms with E-state index in [4.69, 9.17) is 17.3 Å². The van der Waals surface area contributed by atoms with Crippen LogP contribution < -0.4 is 5.73 Å². The molecule has 0 saturated carbocycles. The quantitative estimate of drug-likeness (QED) is 0.732. The fourth-order valence-corrected chi connectivity index (χ4v) is 1.19. The predicted molar refractivity (Wildman–Crippen MR) is 54.9 cm³/mol. The van der Waals surface area contributed by atoms with Crippen LogP contribution in [0.1, 0.15) is 18.0 Å². The number of benzene rings is 1. The standard InChI is InChI=1S/C10H12ClNO/c1-2-3-9(12)7-4-5-8(11)10(13)6-7/h2,4-6,9,13H,1,3,12H2/t9-/m1/s1. The minimum Gasteiger partial charge on any atom is -0.506 e. The molecule has 3 N–H and O–H groups in total. The third-order valence-corrected chi connectivity index (χ3v) is 2.14. The molecule has 0 radical (unpaired) electrons. The normalized spacial score (nSPS) is 12.5. The number of hydrogen-bond acceptors (Lipinski definition) is 2. The van der Waals surface area contributed by atoms with Crippen LogP contribution in [0.4, 0.5) is 0 Å². The average molecular weight is 198 g/mol. The number of aromatic hydroxyl groups is 1. The molecule has 1 aromatic carbocycles. The van der Waals surface area contributed by atoms with Crippen molar-refractivity contribution in [3.63, 3.8) is 0 Å². The maximum atomic E-state index is 9.30. The Bertz CT molecular complexity index is 312. The van der Waals surface area contributed by atoms with Gasteiger partial charge in [0.15, 0.2) is 0 Å². The second kappa shape index (κ2) is 4.30. The predicted octanol–water partition coefficient (Wildman–Crippen LogP) is 2.62. The molecule has 0 saturated heterocycles. The molecule has 70 valence electrons. The summed E-state index contributed by atoms with van der Waals surface area (Å²) in [7, 11) is 0. The molecule has 1 aromatic rings. The Kier molecular flexibility index (Phi) is 3.34. The van der Waals surface area contributed by atoms with Gasteiger partial charge in [-0.05, 0) is 24.1 Å². The van der Waals surface area contributed by atoms with Gasteiger partial charge in [0.25, 0.3) is 0 Å². The molecule has 0 amide bonds. The van der Waals surface area contributed by atoms with E-state index in [1.54, 1.807) is 24.3 Å². The molecule has 0 aromatic heterocycles. The summed E-state index contributed by atoms with van der Waals surface area (Å²) in [5.41, 5.74) is 6.66. The lowest BCUT2D eigenvalue weighted by molar-refractivity contribution is 0.474. The first-order valence-electron chi connectivity index (χ1n) is 4.00.